The van der Waals surface area contributed by atoms with Crippen LogP contribution in [0.15, 0.2) is 0 Å². The molecule has 2 nitrogen and oxygen atoms in total. The number of unbranched alkanes of at least 4 members (excludes halogenated alkanes) is 1. The molecule has 3 heteroatoms. The molecule has 0 bridgehead atoms. The molecule has 0 aromatic carbocycles. The molecule has 84 valence electrons. The summed E-state index contributed by atoms with van der Waals surface area (Å²) in [5.41, 5.74) is 0. The quantitative estimate of drug-likeness (QED) is 0.634. The van der Waals surface area contributed by atoms with Gasteiger partial charge in [-0.3, -0.25) is 4.79 Å². The van der Waals surface area contributed by atoms with Crippen LogP contribution in [-0.2, 0) is 9.22 Å². The highest BCUT2D eigenvalue weighted by molar-refractivity contribution is 6.72. The number of carbonyl (C=O) groups excluding carboxylic acids is 1. The molecule has 0 aliphatic heterocycles. The molecule has 0 atom stereocenters. The highest BCUT2D eigenvalue weighted by Crippen LogP contribution is 2.18. The van der Waals surface area contributed by atoms with Gasteiger partial charge in [0, 0.05) is 6.42 Å². The summed E-state index contributed by atoms with van der Waals surface area (Å²) in [5.74, 6) is 0.625. The molecule has 0 saturated carbocycles. The van der Waals surface area contributed by atoms with E-state index in [9.17, 15) is 4.79 Å². The Labute approximate surface area is 89.2 Å². The summed E-state index contributed by atoms with van der Waals surface area (Å²) >= 11 is 0. The SMILES string of the molecule is CCCCC(=O)O[Si](C)(C)CC(C)C. The molecule has 0 aromatic rings. The Hall–Kier alpha value is -0.313. The van der Waals surface area contributed by atoms with E-state index in [4.69, 9.17) is 4.43 Å². The molecular formula is C11H24O2Si. The van der Waals surface area contributed by atoms with Crippen LogP contribution in [0.1, 0.15) is 40.0 Å². The van der Waals surface area contributed by atoms with Crippen molar-refractivity contribution in [1.82, 2.24) is 0 Å². The van der Waals surface area contributed by atoms with E-state index in [1.165, 1.54) is 0 Å². The lowest BCUT2D eigenvalue weighted by atomic mass is 10.3. The molecule has 0 N–H and O–H groups in total. The third-order valence-electron chi connectivity index (χ3n) is 2.02. The first-order chi connectivity index (χ1) is 6.37. The molecule has 14 heavy (non-hydrogen) atoms. The van der Waals surface area contributed by atoms with Gasteiger partial charge >= 0.3 is 0 Å². The minimum atomic E-state index is -1.73. The van der Waals surface area contributed by atoms with Gasteiger partial charge in [0.25, 0.3) is 5.97 Å². The Morgan fingerprint density at radius 2 is 1.93 bits per heavy atom. The molecule has 0 aromatic heterocycles. The van der Waals surface area contributed by atoms with Crippen LogP contribution in [0.25, 0.3) is 0 Å². The van der Waals surface area contributed by atoms with Crippen LogP contribution in [0.2, 0.25) is 19.1 Å². The summed E-state index contributed by atoms with van der Waals surface area (Å²) in [5, 5.41) is 0. The standard InChI is InChI=1S/C11H24O2Si/c1-6-7-8-11(12)13-14(4,5)9-10(2)3/h10H,6-9H2,1-5H3. The van der Waals surface area contributed by atoms with Crippen molar-refractivity contribution in [3.05, 3.63) is 0 Å². The number of carbonyl (C=O) groups is 1. The van der Waals surface area contributed by atoms with Crippen molar-refractivity contribution in [1.29, 1.82) is 0 Å². The third-order valence-corrected chi connectivity index (χ3v) is 4.60. The molecule has 0 fully saturated rings. The zero-order valence-corrected chi connectivity index (χ0v) is 11.2. The topological polar surface area (TPSA) is 26.3 Å². The fraction of sp³-hybridized carbons (Fsp3) is 0.909. The van der Waals surface area contributed by atoms with Crippen LogP contribution in [0.4, 0.5) is 0 Å². The molecule has 0 aliphatic carbocycles. The predicted molar refractivity (Wildman–Crippen MR) is 62.7 cm³/mol. The summed E-state index contributed by atoms with van der Waals surface area (Å²) in [6.45, 7) is 10.7. The van der Waals surface area contributed by atoms with Gasteiger partial charge in [-0.05, 0) is 31.5 Å². The maximum Gasteiger partial charge on any atom is 0.292 e. The lowest BCUT2D eigenvalue weighted by molar-refractivity contribution is -0.135. The summed E-state index contributed by atoms with van der Waals surface area (Å²) in [6, 6.07) is 1.06. The minimum absolute atomic E-state index is 0.00386. The average Bonchev–Trinajstić information content (AvgIpc) is 1.96. The van der Waals surface area contributed by atoms with Crippen molar-refractivity contribution in [3.8, 4) is 0 Å². The smallest absolute Gasteiger partial charge is 0.292 e. The lowest BCUT2D eigenvalue weighted by Crippen LogP contribution is -2.34. The van der Waals surface area contributed by atoms with E-state index in [0.717, 1.165) is 18.9 Å². The second kappa shape index (κ2) is 6.22. The van der Waals surface area contributed by atoms with E-state index in [1.54, 1.807) is 0 Å². The van der Waals surface area contributed by atoms with Gasteiger partial charge in [0.1, 0.15) is 0 Å². The summed E-state index contributed by atoms with van der Waals surface area (Å²) < 4.78 is 5.55. The van der Waals surface area contributed by atoms with Crippen LogP contribution in [0, 0.1) is 5.92 Å². The Morgan fingerprint density at radius 1 is 1.36 bits per heavy atom. The Balaban J connectivity index is 3.89. The fourth-order valence-corrected chi connectivity index (χ4v) is 4.47. The monoisotopic (exact) mass is 216 g/mol. The van der Waals surface area contributed by atoms with Gasteiger partial charge < -0.3 is 4.43 Å². The highest BCUT2D eigenvalue weighted by Gasteiger charge is 2.27. The van der Waals surface area contributed by atoms with E-state index >= 15 is 0 Å². The molecule has 0 rings (SSSR count). The second-order valence-electron chi connectivity index (χ2n) is 4.94. The van der Waals surface area contributed by atoms with Crippen molar-refractivity contribution in [2.45, 2.75) is 59.2 Å². The number of hydrogen-bond acceptors (Lipinski definition) is 2. The number of rotatable bonds is 6. The first-order valence-electron chi connectivity index (χ1n) is 5.59. The molecule has 0 aliphatic rings. The average molecular weight is 216 g/mol. The largest absolute Gasteiger partial charge is 0.520 e. The summed E-state index contributed by atoms with van der Waals surface area (Å²) in [7, 11) is -1.73. The van der Waals surface area contributed by atoms with Crippen LogP contribution in [0.3, 0.4) is 0 Å². The van der Waals surface area contributed by atoms with Gasteiger partial charge in [-0.2, -0.15) is 0 Å². The predicted octanol–water partition coefficient (Wildman–Crippen LogP) is 3.58. The van der Waals surface area contributed by atoms with Crippen molar-refractivity contribution in [2.75, 3.05) is 0 Å². The number of hydrogen-bond donors (Lipinski definition) is 0. The maximum absolute atomic E-state index is 11.4. The third kappa shape index (κ3) is 7.13. The lowest BCUT2D eigenvalue weighted by Gasteiger charge is -2.24. The Bertz CT molecular complexity index is 176. The van der Waals surface area contributed by atoms with E-state index in [-0.39, 0.29) is 5.97 Å². The summed E-state index contributed by atoms with van der Waals surface area (Å²) in [6.07, 6.45) is 2.59. The van der Waals surface area contributed by atoms with Crippen molar-refractivity contribution in [2.24, 2.45) is 5.92 Å². The molecule has 0 radical (unpaired) electrons. The minimum Gasteiger partial charge on any atom is -0.520 e. The van der Waals surface area contributed by atoms with E-state index in [0.29, 0.717) is 12.3 Å². The van der Waals surface area contributed by atoms with Gasteiger partial charge in [-0.15, -0.1) is 0 Å². The fourth-order valence-electron chi connectivity index (χ4n) is 1.71. The van der Waals surface area contributed by atoms with E-state index in [1.807, 2.05) is 0 Å². The maximum atomic E-state index is 11.4. The Kier molecular flexibility index (Phi) is 6.08. The van der Waals surface area contributed by atoms with Crippen LogP contribution in [-0.4, -0.2) is 14.3 Å². The van der Waals surface area contributed by atoms with Crippen LogP contribution in [0.5, 0.6) is 0 Å². The highest BCUT2D eigenvalue weighted by atomic mass is 28.4. The molecule has 0 saturated heterocycles. The van der Waals surface area contributed by atoms with Gasteiger partial charge in [0.05, 0.1) is 0 Å². The molecule has 0 unspecified atom stereocenters. The van der Waals surface area contributed by atoms with E-state index in [2.05, 4.69) is 33.9 Å². The first-order valence-corrected chi connectivity index (χ1v) is 8.70. The molecule has 0 spiro atoms. The summed E-state index contributed by atoms with van der Waals surface area (Å²) in [4.78, 5) is 11.4. The normalized spacial score (nSPS) is 11.9. The van der Waals surface area contributed by atoms with Crippen LogP contribution >= 0.6 is 0 Å². The van der Waals surface area contributed by atoms with Crippen molar-refractivity contribution >= 4 is 14.3 Å². The molecule has 0 amide bonds. The Morgan fingerprint density at radius 3 is 2.36 bits per heavy atom. The van der Waals surface area contributed by atoms with E-state index < -0.39 is 8.32 Å². The molecular weight excluding hydrogens is 192 g/mol. The molecule has 0 heterocycles. The van der Waals surface area contributed by atoms with Crippen molar-refractivity contribution in [3.63, 3.8) is 0 Å². The second-order valence-corrected chi connectivity index (χ2v) is 9.07. The zero-order valence-electron chi connectivity index (χ0n) is 10.2. The van der Waals surface area contributed by atoms with Gasteiger partial charge in [0.2, 0.25) is 8.32 Å². The van der Waals surface area contributed by atoms with Gasteiger partial charge in [0.15, 0.2) is 0 Å². The zero-order chi connectivity index (χ0) is 11.2. The van der Waals surface area contributed by atoms with Gasteiger partial charge in [-0.1, -0.05) is 27.2 Å². The van der Waals surface area contributed by atoms with Crippen molar-refractivity contribution < 1.29 is 9.22 Å². The van der Waals surface area contributed by atoms with Crippen LogP contribution < -0.4 is 0 Å². The van der Waals surface area contributed by atoms with Gasteiger partial charge in [-0.25, -0.2) is 0 Å². The first kappa shape index (κ1) is 13.7.